The molecule has 1 saturated heterocycles. The molecule has 2 aromatic rings. The Morgan fingerprint density at radius 1 is 1.23 bits per heavy atom. The van der Waals surface area contributed by atoms with Crippen molar-refractivity contribution in [2.45, 2.75) is 18.9 Å². The highest BCUT2D eigenvalue weighted by Crippen LogP contribution is 2.37. The summed E-state index contributed by atoms with van der Waals surface area (Å²) in [5.74, 6) is 0.870. The van der Waals surface area contributed by atoms with Crippen LogP contribution in [0.2, 0.25) is 5.02 Å². The quantitative estimate of drug-likeness (QED) is 0.833. The molecule has 1 unspecified atom stereocenters. The summed E-state index contributed by atoms with van der Waals surface area (Å²) in [5, 5.41) is 9.51. The fourth-order valence-electron chi connectivity index (χ4n) is 3.02. The molecule has 0 bridgehead atoms. The van der Waals surface area contributed by atoms with Gasteiger partial charge in [-0.15, -0.1) is 0 Å². The van der Waals surface area contributed by atoms with E-state index in [1.165, 1.54) is 5.56 Å². The zero-order valence-corrected chi connectivity index (χ0v) is 13.2. The molecule has 4 heteroatoms. The Hall–Kier alpha value is -2.18. The molecule has 1 heterocycles. The molecule has 1 aliphatic heterocycles. The van der Waals surface area contributed by atoms with Crippen LogP contribution in [0.25, 0.3) is 0 Å². The average molecular weight is 313 g/mol. The van der Waals surface area contributed by atoms with Gasteiger partial charge in [0.25, 0.3) is 0 Å². The second-order valence-corrected chi connectivity index (χ2v) is 5.81. The molecule has 22 heavy (non-hydrogen) atoms. The molecular formula is C18H17ClN2O. The van der Waals surface area contributed by atoms with E-state index in [1.54, 1.807) is 13.2 Å². The maximum absolute atomic E-state index is 8.99. The van der Waals surface area contributed by atoms with E-state index in [9.17, 15) is 0 Å². The molecule has 0 radical (unpaired) electrons. The van der Waals surface area contributed by atoms with Crippen molar-refractivity contribution >= 4 is 17.3 Å². The maximum Gasteiger partial charge on any atom is 0.118 e. The molecule has 2 aromatic carbocycles. The molecule has 3 rings (SSSR count). The van der Waals surface area contributed by atoms with Crippen LogP contribution in [0.3, 0.4) is 0 Å². The SMILES string of the molecule is COc1ccc(C2CCCN2c2ccc(C#N)c(Cl)c2)cc1. The zero-order valence-electron chi connectivity index (χ0n) is 12.4. The Labute approximate surface area is 135 Å². The molecule has 112 valence electrons. The van der Waals surface area contributed by atoms with Crippen molar-refractivity contribution in [2.24, 2.45) is 0 Å². The monoisotopic (exact) mass is 312 g/mol. The first-order chi connectivity index (χ1) is 10.7. The fourth-order valence-corrected chi connectivity index (χ4v) is 3.24. The van der Waals surface area contributed by atoms with Gasteiger partial charge < -0.3 is 9.64 Å². The van der Waals surface area contributed by atoms with Crippen LogP contribution in [0, 0.1) is 11.3 Å². The van der Waals surface area contributed by atoms with Crippen molar-refractivity contribution in [3.8, 4) is 11.8 Å². The van der Waals surface area contributed by atoms with E-state index in [0.29, 0.717) is 16.6 Å². The third kappa shape index (κ3) is 2.75. The summed E-state index contributed by atoms with van der Waals surface area (Å²) in [6.07, 6.45) is 2.26. The molecule has 1 aliphatic rings. The zero-order chi connectivity index (χ0) is 15.5. The van der Waals surface area contributed by atoms with Crippen LogP contribution in [0.15, 0.2) is 42.5 Å². The molecule has 1 atom stereocenters. The van der Waals surface area contributed by atoms with Crippen LogP contribution in [-0.4, -0.2) is 13.7 Å². The van der Waals surface area contributed by atoms with Gasteiger partial charge in [-0.2, -0.15) is 5.26 Å². The number of benzene rings is 2. The molecule has 0 aliphatic carbocycles. The number of hydrogen-bond acceptors (Lipinski definition) is 3. The summed E-state index contributed by atoms with van der Waals surface area (Å²) in [4.78, 5) is 2.36. The minimum atomic E-state index is 0.343. The average Bonchev–Trinajstić information content (AvgIpc) is 3.04. The first-order valence-corrected chi connectivity index (χ1v) is 7.71. The second-order valence-electron chi connectivity index (χ2n) is 5.40. The minimum absolute atomic E-state index is 0.343. The third-order valence-electron chi connectivity index (χ3n) is 4.16. The van der Waals surface area contributed by atoms with Crippen molar-refractivity contribution in [3.63, 3.8) is 0 Å². The summed E-state index contributed by atoms with van der Waals surface area (Å²) >= 11 is 6.18. The molecule has 1 fully saturated rings. The molecular weight excluding hydrogens is 296 g/mol. The molecule has 0 N–H and O–H groups in total. The van der Waals surface area contributed by atoms with Gasteiger partial charge in [0.05, 0.1) is 23.7 Å². The highest BCUT2D eigenvalue weighted by atomic mass is 35.5. The van der Waals surface area contributed by atoms with E-state index in [0.717, 1.165) is 30.8 Å². The number of ether oxygens (including phenoxy) is 1. The first-order valence-electron chi connectivity index (χ1n) is 7.33. The molecule has 0 aromatic heterocycles. The van der Waals surface area contributed by atoms with E-state index in [-0.39, 0.29) is 0 Å². The lowest BCUT2D eigenvalue weighted by molar-refractivity contribution is 0.414. The number of hydrogen-bond donors (Lipinski definition) is 0. The normalized spacial score (nSPS) is 17.3. The number of nitrogens with zero attached hydrogens (tertiary/aromatic N) is 2. The van der Waals surface area contributed by atoms with Crippen LogP contribution in [0.5, 0.6) is 5.75 Å². The minimum Gasteiger partial charge on any atom is -0.497 e. The summed E-state index contributed by atoms with van der Waals surface area (Å²) < 4.78 is 5.22. The Balaban J connectivity index is 1.89. The van der Waals surface area contributed by atoms with Crippen molar-refractivity contribution in [1.29, 1.82) is 5.26 Å². The van der Waals surface area contributed by atoms with Gasteiger partial charge in [-0.05, 0) is 48.7 Å². The fraction of sp³-hybridized carbons (Fsp3) is 0.278. The number of rotatable bonds is 3. The lowest BCUT2D eigenvalue weighted by atomic mass is 10.0. The number of anilines is 1. The highest BCUT2D eigenvalue weighted by molar-refractivity contribution is 6.32. The number of nitriles is 1. The molecule has 0 saturated carbocycles. The van der Waals surface area contributed by atoms with Gasteiger partial charge >= 0.3 is 0 Å². The smallest absolute Gasteiger partial charge is 0.118 e. The highest BCUT2D eigenvalue weighted by Gasteiger charge is 2.26. The molecule has 0 spiro atoms. The summed E-state index contributed by atoms with van der Waals surface area (Å²) in [6.45, 7) is 0.999. The number of halogens is 1. The van der Waals surface area contributed by atoms with E-state index < -0.39 is 0 Å². The predicted molar refractivity (Wildman–Crippen MR) is 88.5 cm³/mol. The van der Waals surface area contributed by atoms with E-state index >= 15 is 0 Å². The second kappa shape index (κ2) is 6.29. The Morgan fingerprint density at radius 2 is 2.00 bits per heavy atom. The van der Waals surface area contributed by atoms with E-state index in [1.807, 2.05) is 24.3 Å². The van der Waals surface area contributed by atoms with Gasteiger partial charge in [0.15, 0.2) is 0 Å². The number of methoxy groups -OCH3 is 1. The summed E-state index contributed by atoms with van der Waals surface area (Å²) in [6, 6.07) is 16.3. The largest absolute Gasteiger partial charge is 0.497 e. The van der Waals surface area contributed by atoms with Crippen LogP contribution < -0.4 is 9.64 Å². The Bertz CT molecular complexity index is 706. The van der Waals surface area contributed by atoms with Crippen molar-refractivity contribution < 1.29 is 4.74 Å². The maximum atomic E-state index is 8.99. The standard InChI is InChI=1S/C18H17ClN2O/c1-22-16-8-5-13(6-9-16)18-3-2-10-21(18)15-7-4-14(12-20)17(19)11-15/h4-9,11,18H,2-3,10H2,1H3. The lowest BCUT2D eigenvalue weighted by Crippen LogP contribution is -2.22. The van der Waals surface area contributed by atoms with E-state index in [4.69, 9.17) is 21.6 Å². The summed E-state index contributed by atoms with van der Waals surface area (Å²) in [7, 11) is 1.68. The van der Waals surface area contributed by atoms with Gasteiger partial charge in [-0.1, -0.05) is 23.7 Å². The van der Waals surface area contributed by atoms with Crippen molar-refractivity contribution in [3.05, 3.63) is 58.6 Å². The van der Waals surface area contributed by atoms with Crippen LogP contribution in [0.4, 0.5) is 5.69 Å². The van der Waals surface area contributed by atoms with Gasteiger partial charge in [-0.25, -0.2) is 0 Å². The van der Waals surface area contributed by atoms with E-state index in [2.05, 4.69) is 23.1 Å². The van der Waals surface area contributed by atoms with Crippen LogP contribution in [-0.2, 0) is 0 Å². The van der Waals surface area contributed by atoms with Gasteiger partial charge in [0, 0.05) is 12.2 Å². The van der Waals surface area contributed by atoms with Crippen molar-refractivity contribution in [2.75, 3.05) is 18.6 Å². The summed E-state index contributed by atoms with van der Waals surface area (Å²) in [5.41, 5.74) is 2.87. The first kappa shape index (κ1) is 14.7. The van der Waals surface area contributed by atoms with Gasteiger partial charge in [-0.3, -0.25) is 0 Å². The topological polar surface area (TPSA) is 36.3 Å². The van der Waals surface area contributed by atoms with Crippen LogP contribution >= 0.6 is 11.6 Å². The van der Waals surface area contributed by atoms with Crippen LogP contribution in [0.1, 0.15) is 30.0 Å². The van der Waals surface area contributed by atoms with Crippen molar-refractivity contribution in [1.82, 2.24) is 0 Å². The lowest BCUT2D eigenvalue weighted by Gasteiger charge is -2.27. The molecule has 0 amide bonds. The Kier molecular flexibility index (Phi) is 4.22. The Morgan fingerprint density at radius 3 is 2.64 bits per heavy atom. The third-order valence-corrected chi connectivity index (χ3v) is 4.47. The molecule has 3 nitrogen and oxygen atoms in total. The van der Waals surface area contributed by atoms with Gasteiger partial charge in [0.2, 0.25) is 0 Å². The van der Waals surface area contributed by atoms with Gasteiger partial charge in [0.1, 0.15) is 11.8 Å². The predicted octanol–water partition coefficient (Wildman–Crippen LogP) is 4.56.